The zero-order chi connectivity index (χ0) is 6.97. The normalized spacial score (nSPS) is 14.5. The summed E-state index contributed by atoms with van der Waals surface area (Å²) in [6.45, 7) is 0.919. The van der Waals surface area contributed by atoms with Crippen LogP contribution in [0, 0.1) is 0 Å². The van der Waals surface area contributed by atoms with Crippen LogP contribution in [0.3, 0.4) is 0 Å². The van der Waals surface area contributed by atoms with Crippen molar-refractivity contribution >= 4 is 21.6 Å². The molecule has 0 saturated carbocycles. The summed E-state index contributed by atoms with van der Waals surface area (Å²) in [5.41, 5.74) is 8.60. The number of benzene rings is 1. The Bertz CT molecular complexity index is 260. The maximum atomic E-state index is 3.40. The summed E-state index contributed by atoms with van der Waals surface area (Å²) in [7, 11) is 0. The van der Waals surface area contributed by atoms with E-state index in [0.29, 0.717) is 0 Å². The van der Waals surface area contributed by atoms with Crippen LogP contribution < -0.4 is 10.9 Å². The molecule has 52 valence electrons. The smallest absolute Gasteiger partial charge is 0.0544 e. The third-order valence-corrected chi connectivity index (χ3v) is 2.07. The first-order valence-corrected chi connectivity index (χ1v) is 3.93. The molecule has 1 aliphatic rings. The van der Waals surface area contributed by atoms with Crippen LogP contribution in [-0.4, -0.2) is 0 Å². The van der Waals surface area contributed by atoms with E-state index in [1.807, 2.05) is 6.07 Å². The molecule has 0 unspecified atom stereocenters. The number of hydrazine groups is 1. The fourth-order valence-electron chi connectivity index (χ4n) is 1.05. The van der Waals surface area contributed by atoms with Crippen LogP contribution in [0.4, 0.5) is 5.69 Å². The third-order valence-electron chi connectivity index (χ3n) is 1.57. The Labute approximate surface area is 67.7 Å². The Hall–Kier alpha value is -0.540. The summed E-state index contributed by atoms with van der Waals surface area (Å²) in [5, 5.41) is 0. The van der Waals surface area contributed by atoms with Crippen molar-refractivity contribution in [2.24, 2.45) is 0 Å². The van der Waals surface area contributed by atoms with Crippen molar-refractivity contribution in [3.8, 4) is 0 Å². The molecule has 2 N–H and O–H groups in total. The number of anilines is 1. The summed E-state index contributed by atoms with van der Waals surface area (Å²) >= 11 is 3.40. The minimum Gasteiger partial charge on any atom is -0.321 e. The molecular weight excluding hydrogens is 192 g/mol. The van der Waals surface area contributed by atoms with E-state index in [9.17, 15) is 0 Å². The molecule has 1 aliphatic heterocycles. The number of fused-ring (bicyclic) bond motifs is 1. The van der Waals surface area contributed by atoms with Gasteiger partial charge in [0.05, 0.1) is 5.69 Å². The summed E-state index contributed by atoms with van der Waals surface area (Å²) in [6, 6.07) is 6.22. The molecule has 0 radical (unpaired) electrons. The first kappa shape index (κ1) is 6.19. The van der Waals surface area contributed by atoms with Gasteiger partial charge >= 0.3 is 0 Å². The molecule has 2 rings (SSSR count). The molecular formula is C7H7BrN2. The summed E-state index contributed by atoms with van der Waals surface area (Å²) in [4.78, 5) is 0. The fourth-order valence-corrected chi connectivity index (χ4v) is 1.41. The molecule has 0 saturated heterocycles. The van der Waals surface area contributed by atoms with Gasteiger partial charge in [-0.25, -0.2) is 5.43 Å². The van der Waals surface area contributed by atoms with Gasteiger partial charge in [-0.05, 0) is 17.7 Å². The van der Waals surface area contributed by atoms with E-state index in [2.05, 4.69) is 38.9 Å². The number of rotatable bonds is 0. The zero-order valence-corrected chi connectivity index (χ0v) is 6.90. The van der Waals surface area contributed by atoms with E-state index in [-0.39, 0.29) is 0 Å². The molecule has 3 heteroatoms. The lowest BCUT2D eigenvalue weighted by molar-refractivity contribution is 0.860. The summed E-state index contributed by atoms with van der Waals surface area (Å²) < 4.78 is 1.11. The third kappa shape index (κ3) is 0.914. The van der Waals surface area contributed by atoms with Gasteiger partial charge < -0.3 is 5.43 Å². The predicted molar refractivity (Wildman–Crippen MR) is 44.6 cm³/mol. The first-order chi connectivity index (χ1) is 4.86. The number of nitrogens with one attached hydrogen (secondary N) is 2. The molecule has 0 spiro atoms. The second-order valence-electron chi connectivity index (χ2n) is 2.28. The van der Waals surface area contributed by atoms with Crippen molar-refractivity contribution in [2.45, 2.75) is 6.54 Å². The van der Waals surface area contributed by atoms with Crippen molar-refractivity contribution in [3.63, 3.8) is 0 Å². The van der Waals surface area contributed by atoms with Crippen LogP contribution >= 0.6 is 15.9 Å². The highest BCUT2D eigenvalue weighted by Crippen LogP contribution is 2.23. The Balaban J connectivity index is 2.52. The second kappa shape index (κ2) is 2.25. The average molecular weight is 199 g/mol. The van der Waals surface area contributed by atoms with Gasteiger partial charge in [-0.15, -0.1) is 0 Å². The van der Waals surface area contributed by atoms with E-state index in [4.69, 9.17) is 0 Å². The molecule has 2 nitrogen and oxygen atoms in total. The van der Waals surface area contributed by atoms with Crippen LogP contribution in [0.15, 0.2) is 22.7 Å². The fraction of sp³-hybridized carbons (Fsp3) is 0.143. The van der Waals surface area contributed by atoms with Gasteiger partial charge in [0.1, 0.15) is 0 Å². The van der Waals surface area contributed by atoms with E-state index in [0.717, 1.165) is 11.0 Å². The Morgan fingerprint density at radius 2 is 2.30 bits per heavy atom. The highest BCUT2D eigenvalue weighted by Gasteiger charge is 2.07. The largest absolute Gasteiger partial charge is 0.321 e. The zero-order valence-electron chi connectivity index (χ0n) is 5.32. The lowest BCUT2D eigenvalue weighted by Crippen LogP contribution is -2.10. The van der Waals surface area contributed by atoms with Gasteiger partial charge in [0, 0.05) is 11.0 Å². The van der Waals surface area contributed by atoms with Crippen molar-refractivity contribution in [2.75, 3.05) is 5.43 Å². The van der Waals surface area contributed by atoms with Gasteiger partial charge in [-0.2, -0.15) is 0 Å². The van der Waals surface area contributed by atoms with Crippen molar-refractivity contribution in [1.29, 1.82) is 0 Å². The minimum absolute atomic E-state index is 0.919. The Morgan fingerprint density at radius 1 is 1.40 bits per heavy atom. The monoisotopic (exact) mass is 198 g/mol. The molecule has 10 heavy (non-hydrogen) atoms. The topological polar surface area (TPSA) is 24.1 Å². The molecule has 0 aromatic heterocycles. The van der Waals surface area contributed by atoms with E-state index < -0.39 is 0 Å². The number of hydrogen-bond acceptors (Lipinski definition) is 2. The number of hydrogen-bond donors (Lipinski definition) is 2. The quantitative estimate of drug-likeness (QED) is 0.666. The van der Waals surface area contributed by atoms with E-state index in [1.54, 1.807) is 0 Å². The van der Waals surface area contributed by atoms with Gasteiger partial charge in [-0.1, -0.05) is 22.0 Å². The van der Waals surface area contributed by atoms with Crippen LogP contribution in [-0.2, 0) is 6.54 Å². The Morgan fingerprint density at radius 3 is 3.20 bits per heavy atom. The van der Waals surface area contributed by atoms with Crippen LogP contribution in [0.1, 0.15) is 5.56 Å². The lowest BCUT2D eigenvalue weighted by atomic mass is 10.2. The first-order valence-electron chi connectivity index (χ1n) is 3.13. The van der Waals surface area contributed by atoms with Crippen LogP contribution in [0.25, 0.3) is 0 Å². The molecule has 0 amide bonds. The Kier molecular flexibility index (Phi) is 1.39. The summed E-state index contributed by atoms with van der Waals surface area (Å²) in [6.07, 6.45) is 0. The SMILES string of the molecule is Brc1ccc2c(c1)NNC2. The van der Waals surface area contributed by atoms with Gasteiger partial charge in [0.25, 0.3) is 0 Å². The highest BCUT2D eigenvalue weighted by molar-refractivity contribution is 9.10. The van der Waals surface area contributed by atoms with Gasteiger partial charge in [-0.3, -0.25) is 0 Å². The molecule has 0 aliphatic carbocycles. The van der Waals surface area contributed by atoms with E-state index >= 15 is 0 Å². The van der Waals surface area contributed by atoms with Crippen LogP contribution in [0.2, 0.25) is 0 Å². The molecule has 0 atom stereocenters. The summed E-state index contributed by atoms with van der Waals surface area (Å²) in [5.74, 6) is 0. The maximum absolute atomic E-state index is 3.40. The van der Waals surface area contributed by atoms with Gasteiger partial charge in [0.15, 0.2) is 0 Å². The van der Waals surface area contributed by atoms with Crippen molar-refractivity contribution < 1.29 is 0 Å². The van der Waals surface area contributed by atoms with Crippen LogP contribution in [0.5, 0.6) is 0 Å². The molecule has 0 fully saturated rings. The predicted octanol–water partition coefficient (Wildman–Crippen LogP) is 1.88. The maximum Gasteiger partial charge on any atom is 0.0544 e. The molecule has 1 heterocycles. The standard InChI is InChI=1S/C7H7BrN2/c8-6-2-1-5-4-9-10-7(5)3-6/h1-3,9-10H,4H2. The second-order valence-corrected chi connectivity index (χ2v) is 3.20. The van der Waals surface area contributed by atoms with Crippen molar-refractivity contribution in [1.82, 2.24) is 5.43 Å². The molecule has 0 bridgehead atoms. The minimum atomic E-state index is 0.919. The molecule has 1 aromatic carbocycles. The lowest BCUT2D eigenvalue weighted by Gasteiger charge is -1.96. The van der Waals surface area contributed by atoms with E-state index in [1.165, 1.54) is 11.3 Å². The van der Waals surface area contributed by atoms with Gasteiger partial charge in [0.2, 0.25) is 0 Å². The van der Waals surface area contributed by atoms with Crippen molar-refractivity contribution in [3.05, 3.63) is 28.2 Å². The highest BCUT2D eigenvalue weighted by atomic mass is 79.9. The molecule has 1 aromatic rings. The number of halogens is 1. The average Bonchev–Trinajstić information content (AvgIpc) is 2.33.